The van der Waals surface area contributed by atoms with Crippen molar-refractivity contribution < 1.29 is 4.39 Å². The minimum absolute atomic E-state index is 0.115. The highest BCUT2D eigenvalue weighted by molar-refractivity contribution is 6.30. The Labute approximate surface area is 122 Å². The van der Waals surface area contributed by atoms with Crippen molar-refractivity contribution in [1.82, 2.24) is 5.32 Å². The lowest BCUT2D eigenvalue weighted by molar-refractivity contribution is 0.534. The molecule has 100 valence electrons. The van der Waals surface area contributed by atoms with Gasteiger partial charge in [0.2, 0.25) is 0 Å². The third-order valence-corrected chi connectivity index (χ3v) is 3.49. The van der Waals surface area contributed by atoms with Gasteiger partial charge in [0.05, 0.1) is 0 Å². The Morgan fingerprint density at radius 2 is 1.84 bits per heavy atom. The Bertz CT molecular complexity index is 572. The van der Waals surface area contributed by atoms with Crippen LogP contribution in [-0.2, 0) is 6.42 Å². The van der Waals surface area contributed by atoms with E-state index in [1.54, 1.807) is 12.1 Å². The fourth-order valence-electron chi connectivity index (χ4n) is 2.05. The highest BCUT2D eigenvalue weighted by Gasteiger charge is 2.15. The van der Waals surface area contributed by atoms with Crippen molar-refractivity contribution in [2.45, 2.75) is 12.5 Å². The van der Waals surface area contributed by atoms with Crippen LogP contribution in [0.2, 0.25) is 10.0 Å². The van der Waals surface area contributed by atoms with Gasteiger partial charge < -0.3 is 5.32 Å². The number of nitrogens with one attached hydrogen (secondary N) is 1. The summed E-state index contributed by atoms with van der Waals surface area (Å²) in [5.41, 5.74) is 1.66. The summed E-state index contributed by atoms with van der Waals surface area (Å²) in [4.78, 5) is 0. The largest absolute Gasteiger partial charge is 0.313 e. The number of halogens is 3. The van der Waals surface area contributed by atoms with Crippen molar-refractivity contribution in [3.63, 3.8) is 0 Å². The van der Waals surface area contributed by atoms with Crippen LogP contribution in [0.3, 0.4) is 0 Å². The maximum Gasteiger partial charge on any atom is 0.129 e. The van der Waals surface area contributed by atoms with E-state index in [2.05, 4.69) is 5.32 Å². The van der Waals surface area contributed by atoms with E-state index in [1.165, 1.54) is 6.07 Å². The van der Waals surface area contributed by atoms with Gasteiger partial charge in [-0.2, -0.15) is 0 Å². The molecule has 2 aromatic rings. The molecule has 1 unspecified atom stereocenters. The number of hydrogen-bond donors (Lipinski definition) is 1. The average molecular weight is 298 g/mol. The Morgan fingerprint density at radius 3 is 2.47 bits per heavy atom. The van der Waals surface area contributed by atoms with E-state index in [-0.39, 0.29) is 11.9 Å². The number of rotatable bonds is 4. The lowest BCUT2D eigenvalue weighted by Gasteiger charge is -2.17. The van der Waals surface area contributed by atoms with Crippen LogP contribution < -0.4 is 5.32 Å². The van der Waals surface area contributed by atoms with E-state index in [4.69, 9.17) is 23.2 Å². The fraction of sp³-hybridized carbons (Fsp3) is 0.200. The smallest absolute Gasteiger partial charge is 0.129 e. The monoisotopic (exact) mass is 297 g/mol. The van der Waals surface area contributed by atoms with E-state index in [9.17, 15) is 4.39 Å². The molecule has 0 aliphatic rings. The van der Waals surface area contributed by atoms with Gasteiger partial charge in [-0.25, -0.2) is 4.39 Å². The molecule has 0 heterocycles. The molecule has 2 aromatic carbocycles. The summed E-state index contributed by atoms with van der Waals surface area (Å²) in [7, 11) is 1.81. The summed E-state index contributed by atoms with van der Waals surface area (Å²) in [6.07, 6.45) is 0.662. The zero-order valence-electron chi connectivity index (χ0n) is 10.5. The molecular weight excluding hydrogens is 284 g/mol. The zero-order chi connectivity index (χ0) is 13.8. The maximum absolute atomic E-state index is 13.9. The van der Waals surface area contributed by atoms with E-state index in [0.29, 0.717) is 22.0 Å². The molecule has 19 heavy (non-hydrogen) atoms. The molecule has 0 amide bonds. The van der Waals surface area contributed by atoms with Gasteiger partial charge in [0.1, 0.15) is 5.82 Å². The average Bonchev–Trinajstić information content (AvgIpc) is 2.37. The Morgan fingerprint density at radius 1 is 1.11 bits per heavy atom. The minimum Gasteiger partial charge on any atom is -0.313 e. The first-order valence-electron chi connectivity index (χ1n) is 5.97. The molecule has 0 saturated carbocycles. The van der Waals surface area contributed by atoms with Crippen LogP contribution >= 0.6 is 23.2 Å². The lowest BCUT2D eigenvalue weighted by atomic mass is 9.98. The molecular formula is C15H14Cl2FN. The Kier molecular flexibility index (Phi) is 4.81. The van der Waals surface area contributed by atoms with Crippen LogP contribution in [0.25, 0.3) is 0 Å². The molecule has 1 atom stereocenters. The summed E-state index contributed by atoms with van der Waals surface area (Å²) in [5, 5.41) is 4.21. The van der Waals surface area contributed by atoms with Crippen LogP contribution in [0.15, 0.2) is 42.5 Å². The summed E-state index contributed by atoms with van der Waals surface area (Å²) in [5.74, 6) is -0.297. The molecule has 4 heteroatoms. The molecule has 0 fully saturated rings. The van der Waals surface area contributed by atoms with Crippen LogP contribution in [0.4, 0.5) is 4.39 Å². The second-order valence-corrected chi connectivity index (χ2v) is 5.21. The van der Waals surface area contributed by atoms with Crippen molar-refractivity contribution >= 4 is 23.2 Å². The van der Waals surface area contributed by atoms with E-state index < -0.39 is 0 Å². The molecule has 1 nitrogen and oxygen atoms in total. The predicted octanol–water partition coefficient (Wildman–Crippen LogP) is 4.64. The minimum atomic E-state index is -0.297. The summed E-state index contributed by atoms with van der Waals surface area (Å²) >= 11 is 11.7. The highest BCUT2D eigenvalue weighted by atomic mass is 35.5. The quantitative estimate of drug-likeness (QED) is 0.867. The van der Waals surface area contributed by atoms with Crippen molar-refractivity contribution in [1.29, 1.82) is 0 Å². The third-order valence-electron chi connectivity index (χ3n) is 3.02. The van der Waals surface area contributed by atoms with Crippen LogP contribution in [0, 0.1) is 5.82 Å². The molecule has 0 aliphatic carbocycles. The maximum atomic E-state index is 13.9. The van der Waals surface area contributed by atoms with Gasteiger partial charge >= 0.3 is 0 Å². The van der Waals surface area contributed by atoms with Crippen LogP contribution in [0.5, 0.6) is 0 Å². The van der Waals surface area contributed by atoms with Crippen molar-refractivity contribution in [3.8, 4) is 0 Å². The molecule has 0 radical (unpaired) electrons. The highest BCUT2D eigenvalue weighted by Crippen LogP contribution is 2.24. The van der Waals surface area contributed by atoms with Crippen LogP contribution in [-0.4, -0.2) is 7.05 Å². The van der Waals surface area contributed by atoms with Gasteiger partial charge in [0, 0.05) is 21.7 Å². The fourth-order valence-corrected chi connectivity index (χ4v) is 2.42. The first-order valence-corrected chi connectivity index (χ1v) is 6.72. The van der Waals surface area contributed by atoms with Crippen molar-refractivity contribution in [3.05, 3.63) is 69.5 Å². The van der Waals surface area contributed by atoms with Gasteiger partial charge in [-0.05, 0) is 43.3 Å². The van der Waals surface area contributed by atoms with E-state index >= 15 is 0 Å². The first kappa shape index (κ1) is 14.3. The van der Waals surface area contributed by atoms with Crippen molar-refractivity contribution in [2.24, 2.45) is 0 Å². The predicted molar refractivity (Wildman–Crippen MR) is 78.4 cm³/mol. The van der Waals surface area contributed by atoms with Gasteiger partial charge in [-0.3, -0.25) is 0 Å². The molecule has 0 aliphatic heterocycles. The molecule has 0 spiro atoms. The SMILES string of the molecule is CNC(Cc1cccc(Cl)c1)c1ccc(Cl)cc1F. The molecule has 0 saturated heterocycles. The summed E-state index contributed by atoms with van der Waals surface area (Å²) < 4.78 is 13.9. The first-order chi connectivity index (χ1) is 9.10. The summed E-state index contributed by atoms with van der Waals surface area (Å²) in [6, 6.07) is 12.2. The second kappa shape index (κ2) is 6.38. The molecule has 0 aromatic heterocycles. The Hall–Kier alpha value is -1.09. The van der Waals surface area contributed by atoms with Gasteiger partial charge in [0.25, 0.3) is 0 Å². The van der Waals surface area contributed by atoms with Gasteiger partial charge in [-0.1, -0.05) is 41.4 Å². The zero-order valence-corrected chi connectivity index (χ0v) is 12.0. The Balaban J connectivity index is 2.25. The van der Waals surface area contributed by atoms with Gasteiger partial charge in [-0.15, -0.1) is 0 Å². The molecule has 1 N–H and O–H groups in total. The normalized spacial score (nSPS) is 12.4. The molecule has 0 bridgehead atoms. The molecule has 2 rings (SSSR count). The van der Waals surface area contributed by atoms with Crippen molar-refractivity contribution in [2.75, 3.05) is 7.05 Å². The van der Waals surface area contributed by atoms with Crippen LogP contribution in [0.1, 0.15) is 17.2 Å². The number of hydrogen-bond acceptors (Lipinski definition) is 1. The number of benzene rings is 2. The standard InChI is InChI=1S/C15H14Cl2FN/c1-19-15(8-10-3-2-4-11(16)7-10)13-6-5-12(17)9-14(13)18/h2-7,9,15,19H,8H2,1H3. The van der Waals surface area contributed by atoms with E-state index in [1.807, 2.05) is 31.3 Å². The van der Waals surface area contributed by atoms with Gasteiger partial charge in [0.15, 0.2) is 0 Å². The third kappa shape index (κ3) is 3.69. The summed E-state index contributed by atoms with van der Waals surface area (Å²) in [6.45, 7) is 0. The number of likely N-dealkylation sites (N-methyl/N-ethyl adjacent to an activating group) is 1. The van der Waals surface area contributed by atoms with E-state index in [0.717, 1.165) is 5.56 Å². The topological polar surface area (TPSA) is 12.0 Å². The lowest BCUT2D eigenvalue weighted by Crippen LogP contribution is -2.20. The second-order valence-electron chi connectivity index (χ2n) is 4.34.